The quantitative estimate of drug-likeness (QED) is 0.743. The van der Waals surface area contributed by atoms with Crippen molar-refractivity contribution in [3.05, 3.63) is 24.3 Å². The molecule has 118 valence electrons. The largest absolute Gasteiger partial charge is 0.497 e. The molecule has 1 aromatic rings. The second kappa shape index (κ2) is 8.90. The Balaban J connectivity index is 1.70. The zero-order valence-electron chi connectivity index (χ0n) is 13.5. The molecule has 0 spiro atoms. The molecule has 1 aliphatic rings. The summed E-state index contributed by atoms with van der Waals surface area (Å²) in [6.45, 7) is 10.2. The van der Waals surface area contributed by atoms with Crippen molar-refractivity contribution in [2.75, 3.05) is 57.8 Å². The molecule has 0 unspecified atom stereocenters. The molecule has 1 fully saturated rings. The number of hydrogen-bond acceptors (Lipinski definition) is 4. The molecule has 0 bridgehead atoms. The Morgan fingerprint density at radius 1 is 1.14 bits per heavy atom. The van der Waals surface area contributed by atoms with Gasteiger partial charge in [0.05, 0.1) is 7.11 Å². The van der Waals surface area contributed by atoms with Crippen LogP contribution in [0.3, 0.4) is 0 Å². The SMILES string of the molecule is CCNCCCCN1CCN(c2cccc(OC)c2)CC1. The summed E-state index contributed by atoms with van der Waals surface area (Å²) in [4.78, 5) is 5.04. The van der Waals surface area contributed by atoms with E-state index in [2.05, 4.69) is 40.2 Å². The topological polar surface area (TPSA) is 27.7 Å². The zero-order valence-corrected chi connectivity index (χ0v) is 13.5. The minimum Gasteiger partial charge on any atom is -0.497 e. The van der Waals surface area contributed by atoms with Crippen molar-refractivity contribution in [3.63, 3.8) is 0 Å². The first-order valence-electron chi connectivity index (χ1n) is 8.15. The van der Waals surface area contributed by atoms with Gasteiger partial charge < -0.3 is 15.0 Å². The van der Waals surface area contributed by atoms with Gasteiger partial charge >= 0.3 is 0 Å². The number of rotatable bonds is 8. The monoisotopic (exact) mass is 291 g/mol. The van der Waals surface area contributed by atoms with Gasteiger partial charge in [0.15, 0.2) is 0 Å². The van der Waals surface area contributed by atoms with E-state index in [1.807, 2.05) is 6.07 Å². The maximum absolute atomic E-state index is 5.31. The van der Waals surface area contributed by atoms with Crippen LogP contribution in [0.2, 0.25) is 0 Å². The number of anilines is 1. The number of methoxy groups -OCH3 is 1. The number of piperazine rings is 1. The molecule has 1 N–H and O–H groups in total. The van der Waals surface area contributed by atoms with Crippen LogP contribution in [0.4, 0.5) is 5.69 Å². The van der Waals surface area contributed by atoms with Crippen LogP contribution >= 0.6 is 0 Å². The number of nitrogens with one attached hydrogen (secondary N) is 1. The van der Waals surface area contributed by atoms with Crippen LogP contribution in [0.5, 0.6) is 5.75 Å². The summed E-state index contributed by atoms with van der Waals surface area (Å²) in [5.74, 6) is 0.943. The summed E-state index contributed by atoms with van der Waals surface area (Å²) in [6.07, 6.45) is 2.58. The number of nitrogens with zero attached hydrogens (tertiary/aromatic N) is 2. The summed E-state index contributed by atoms with van der Waals surface area (Å²) in [5, 5.41) is 3.39. The second-order valence-electron chi connectivity index (χ2n) is 5.59. The van der Waals surface area contributed by atoms with Crippen LogP contribution in [0.15, 0.2) is 24.3 Å². The van der Waals surface area contributed by atoms with Gasteiger partial charge in [-0.1, -0.05) is 13.0 Å². The first-order chi connectivity index (χ1) is 10.3. The van der Waals surface area contributed by atoms with E-state index in [4.69, 9.17) is 4.74 Å². The highest BCUT2D eigenvalue weighted by Gasteiger charge is 2.16. The third kappa shape index (κ3) is 5.21. The van der Waals surface area contributed by atoms with Crippen LogP contribution in [0.25, 0.3) is 0 Å². The van der Waals surface area contributed by atoms with Crippen molar-refractivity contribution < 1.29 is 4.74 Å². The van der Waals surface area contributed by atoms with E-state index < -0.39 is 0 Å². The van der Waals surface area contributed by atoms with E-state index in [1.165, 1.54) is 38.2 Å². The highest BCUT2D eigenvalue weighted by atomic mass is 16.5. The molecule has 0 radical (unpaired) electrons. The van der Waals surface area contributed by atoms with Gasteiger partial charge in [0, 0.05) is 37.9 Å². The second-order valence-corrected chi connectivity index (χ2v) is 5.59. The Labute approximate surface area is 129 Å². The van der Waals surface area contributed by atoms with Gasteiger partial charge in [0.2, 0.25) is 0 Å². The molecule has 4 heteroatoms. The molecule has 0 aromatic heterocycles. The highest BCUT2D eigenvalue weighted by molar-refractivity contribution is 5.51. The lowest BCUT2D eigenvalue weighted by molar-refractivity contribution is 0.252. The Morgan fingerprint density at radius 3 is 2.67 bits per heavy atom. The molecule has 4 nitrogen and oxygen atoms in total. The number of hydrogen-bond donors (Lipinski definition) is 1. The predicted molar refractivity (Wildman–Crippen MR) is 89.4 cm³/mol. The van der Waals surface area contributed by atoms with Crippen LogP contribution < -0.4 is 15.0 Å². The third-order valence-corrected chi connectivity index (χ3v) is 4.12. The molecular formula is C17H29N3O. The standard InChI is InChI=1S/C17H29N3O/c1-3-18-9-4-5-10-19-11-13-20(14-12-19)16-7-6-8-17(15-16)21-2/h6-8,15,18H,3-5,9-14H2,1-2H3. The molecule has 0 saturated carbocycles. The summed E-state index contributed by atoms with van der Waals surface area (Å²) < 4.78 is 5.31. The van der Waals surface area contributed by atoms with Gasteiger partial charge in [-0.25, -0.2) is 0 Å². The molecule has 1 heterocycles. The lowest BCUT2D eigenvalue weighted by Crippen LogP contribution is -2.46. The van der Waals surface area contributed by atoms with Gasteiger partial charge in [0.1, 0.15) is 5.75 Å². The fraction of sp³-hybridized carbons (Fsp3) is 0.647. The van der Waals surface area contributed by atoms with Gasteiger partial charge in [-0.05, 0) is 44.6 Å². The van der Waals surface area contributed by atoms with Crippen molar-refractivity contribution in [2.45, 2.75) is 19.8 Å². The van der Waals surface area contributed by atoms with E-state index in [0.29, 0.717) is 0 Å². The Morgan fingerprint density at radius 2 is 1.95 bits per heavy atom. The number of unbranched alkanes of at least 4 members (excludes halogenated alkanes) is 1. The van der Waals surface area contributed by atoms with Gasteiger partial charge in [-0.2, -0.15) is 0 Å². The van der Waals surface area contributed by atoms with Crippen molar-refractivity contribution in [1.82, 2.24) is 10.2 Å². The summed E-state index contributed by atoms with van der Waals surface area (Å²) in [7, 11) is 1.73. The van der Waals surface area contributed by atoms with Crippen LogP contribution in [-0.2, 0) is 0 Å². The van der Waals surface area contributed by atoms with Gasteiger partial charge in [0.25, 0.3) is 0 Å². The molecule has 1 aliphatic heterocycles. The smallest absolute Gasteiger partial charge is 0.120 e. The predicted octanol–water partition coefficient (Wildman–Crippen LogP) is 2.21. The summed E-state index contributed by atoms with van der Waals surface area (Å²) in [6, 6.07) is 8.38. The number of benzene rings is 1. The average Bonchev–Trinajstić information content (AvgIpc) is 2.55. The molecule has 1 saturated heterocycles. The highest BCUT2D eigenvalue weighted by Crippen LogP contribution is 2.22. The van der Waals surface area contributed by atoms with E-state index in [-0.39, 0.29) is 0 Å². The van der Waals surface area contributed by atoms with Gasteiger partial charge in [-0.15, -0.1) is 0 Å². The van der Waals surface area contributed by atoms with E-state index in [9.17, 15) is 0 Å². The van der Waals surface area contributed by atoms with E-state index in [0.717, 1.165) is 31.9 Å². The maximum atomic E-state index is 5.31. The van der Waals surface area contributed by atoms with Crippen LogP contribution in [-0.4, -0.2) is 57.8 Å². The van der Waals surface area contributed by atoms with Crippen molar-refractivity contribution in [2.24, 2.45) is 0 Å². The molecular weight excluding hydrogens is 262 g/mol. The minimum absolute atomic E-state index is 0.943. The summed E-state index contributed by atoms with van der Waals surface area (Å²) >= 11 is 0. The molecule has 0 atom stereocenters. The first-order valence-corrected chi connectivity index (χ1v) is 8.15. The lowest BCUT2D eigenvalue weighted by atomic mass is 10.2. The van der Waals surface area contributed by atoms with Crippen LogP contribution in [0, 0.1) is 0 Å². The molecule has 0 amide bonds. The van der Waals surface area contributed by atoms with Gasteiger partial charge in [-0.3, -0.25) is 4.90 Å². The molecule has 1 aromatic carbocycles. The number of ether oxygens (including phenoxy) is 1. The fourth-order valence-electron chi connectivity index (χ4n) is 2.80. The summed E-state index contributed by atoms with van der Waals surface area (Å²) in [5.41, 5.74) is 1.28. The fourth-order valence-corrected chi connectivity index (χ4v) is 2.80. The first kappa shape index (κ1) is 16.1. The Bertz CT molecular complexity index is 403. The van der Waals surface area contributed by atoms with E-state index in [1.54, 1.807) is 7.11 Å². The van der Waals surface area contributed by atoms with E-state index >= 15 is 0 Å². The van der Waals surface area contributed by atoms with Crippen molar-refractivity contribution in [1.29, 1.82) is 0 Å². The average molecular weight is 291 g/mol. The Kier molecular flexibility index (Phi) is 6.83. The van der Waals surface area contributed by atoms with Crippen molar-refractivity contribution in [3.8, 4) is 5.75 Å². The lowest BCUT2D eigenvalue weighted by Gasteiger charge is -2.36. The van der Waals surface area contributed by atoms with Crippen LogP contribution in [0.1, 0.15) is 19.8 Å². The minimum atomic E-state index is 0.943. The maximum Gasteiger partial charge on any atom is 0.120 e. The molecule has 0 aliphatic carbocycles. The third-order valence-electron chi connectivity index (χ3n) is 4.12. The normalized spacial score (nSPS) is 16.2. The Hall–Kier alpha value is -1.26. The van der Waals surface area contributed by atoms with Crippen molar-refractivity contribution >= 4 is 5.69 Å². The molecule has 2 rings (SSSR count). The zero-order chi connectivity index (χ0) is 14.9. The molecule has 21 heavy (non-hydrogen) atoms.